The minimum atomic E-state index is -0.0843. The third kappa shape index (κ3) is 3.63. The SMILES string of the molecule is CCCNC(=O)c1cn(-c2ccccc2)nc1-c1ccc(C)cc1C. The highest BCUT2D eigenvalue weighted by atomic mass is 16.1. The average Bonchev–Trinajstić information content (AvgIpc) is 3.05. The maximum Gasteiger partial charge on any atom is 0.255 e. The van der Waals surface area contributed by atoms with Crippen LogP contribution in [-0.2, 0) is 0 Å². The summed E-state index contributed by atoms with van der Waals surface area (Å²) >= 11 is 0. The van der Waals surface area contributed by atoms with E-state index in [1.54, 1.807) is 4.68 Å². The molecule has 0 unspecified atom stereocenters. The quantitative estimate of drug-likeness (QED) is 0.757. The first kappa shape index (κ1) is 17.0. The van der Waals surface area contributed by atoms with Crippen LogP contribution in [0.3, 0.4) is 0 Å². The summed E-state index contributed by atoms with van der Waals surface area (Å²) in [6.45, 7) is 6.81. The number of rotatable bonds is 5. The van der Waals surface area contributed by atoms with Gasteiger partial charge in [0.25, 0.3) is 5.91 Å². The van der Waals surface area contributed by atoms with Crippen LogP contribution in [0.4, 0.5) is 0 Å². The fourth-order valence-corrected chi connectivity index (χ4v) is 2.87. The Kier molecular flexibility index (Phi) is 4.98. The van der Waals surface area contributed by atoms with Crippen LogP contribution in [0, 0.1) is 13.8 Å². The van der Waals surface area contributed by atoms with E-state index in [1.165, 1.54) is 5.56 Å². The van der Waals surface area contributed by atoms with Crippen molar-refractivity contribution in [1.82, 2.24) is 15.1 Å². The summed E-state index contributed by atoms with van der Waals surface area (Å²) in [5.74, 6) is -0.0843. The van der Waals surface area contributed by atoms with E-state index in [0.29, 0.717) is 12.1 Å². The third-order valence-corrected chi connectivity index (χ3v) is 4.15. The maximum atomic E-state index is 12.7. The van der Waals surface area contributed by atoms with Gasteiger partial charge in [0.05, 0.1) is 11.3 Å². The Balaban J connectivity index is 2.11. The van der Waals surface area contributed by atoms with E-state index >= 15 is 0 Å². The summed E-state index contributed by atoms with van der Waals surface area (Å²) < 4.78 is 1.77. The first-order valence-electron chi connectivity index (χ1n) is 8.61. The van der Waals surface area contributed by atoms with Crippen molar-refractivity contribution in [2.45, 2.75) is 27.2 Å². The molecule has 4 nitrogen and oxygen atoms in total. The molecule has 0 aliphatic rings. The number of aromatic nitrogens is 2. The van der Waals surface area contributed by atoms with Gasteiger partial charge in [-0.2, -0.15) is 5.10 Å². The largest absolute Gasteiger partial charge is 0.352 e. The maximum absolute atomic E-state index is 12.7. The lowest BCUT2D eigenvalue weighted by Crippen LogP contribution is -2.24. The molecule has 128 valence electrons. The Morgan fingerprint density at radius 3 is 2.56 bits per heavy atom. The fraction of sp³-hybridized carbons (Fsp3) is 0.238. The standard InChI is InChI=1S/C21H23N3O/c1-4-12-22-21(25)19-14-24(17-8-6-5-7-9-17)23-20(19)18-11-10-15(2)13-16(18)3/h5-11,13-14H,4,12H2,1-3H3,(H,22,25). The Labute approximate surface area is 148 Å². The van der Waals surface area contributed by atoms with Crippen LogP contribution in [0.1, 0.15) is 34.8 Å². The molecule has 0 atom stereocenters. The minimum absolute atomic E-state index is 0.0843. The van der Waals surface area contributed by atoms with Crippen molar-refractivity contribution in [2.75, 3.05) is 6.54 Å². The average molecular weight is 333 g/mol. The van der Waals surface area contributed by atoms with Gasteiger partial charge in [-0.15, -0.1) is 0 Å². The zero-order valence-corrected chi connectivity index (χ0v) is 14.9. The predicted octanol–water partition coefficient (Wildman–Crippen LogP) is 4.30. The van der Waals surface area contributed by atoms with Gasteiger partial charge >= 0.3 is 0 Å². The first-order chi connectivity index (χ1) is 12.1. The summed E-state index contributed by atoms with van der Waals surface area (Å²) in [5.41, 5.74) is 5.55. The molecule has 25 heavy (non-hydrogen) atoms. The lowest BCUT2D eigenvalue weighted by Gasteiger charge is -2.07. The van der Waals surface area contributed by atoms with Gasteiger partial charge in [-0.1, -0.05) is 48.9 Å². The molecular formula is C21H23N3O. The molecule has 0 spiro atoms. The number of amides is 1. The third-order valence-electron chi connectivity index (χ3n) is 4.15. The monoisotopic (exact) mass is 333 g/mol. The van der Waals surface area contributed by atoms with Crippen molar-refractivity contribution in [2.24, 2.45) is 0 Å². The Morgan fingerprint density at radius 1 is 1.12 bits per heavy atom. The molecule has 0 aliphatic carbocycles. The van der Waals surface area contributed by atoms with Crippen LogP contribution < -0.4 is 5.32 Å². The Hall–Kier alpha value is -2.88. The molecule has 1 N–H and O–H groups in total. The summed E-state index contributed by atoms with van der Waals surface area (Å²) in [6, 6.07) is 16.1. The molecule has 0 aliphatic heterocycles. The molecule has 0 saturated carbocycles. The second kappa shape index (κ2) is 7.34. The molecule has 1 heterocycles. The first-order valence-corrected chi connectivity index (χ1v) is 8.61. The van der Waals surface area contributed by atoms with Crippen LogP contribution in [0.5, 0.6) is 0 Å². The Morgan fingerprint density at radius 2 is 1.88 bits per heavy atom. The van der Waals surface area contributed by atoms with Crippen molar-refractivity contribution >= 4 is 5.91 Å². The van der Waals surface area contributed by atoms with Crippen LogP contribution in [0.15, 0.2) is 54.7 Å². The molecule has 4 heteroatoms. The summed E-state index contributed by atoms with van der Waals surface area (Å²) in [6.07, 6.45) is 2.71. The van der Waals surface area contributed by atoms with E-state index in [-0.39, 0.29) is 5.91 Å². The van der Waals surface area contributed by atoms with Gasteiger partial charge in [-0.25, -0.2) is 4.68 Å². The molecule has 3 aromatic rings. The van der Waals surface area contributed by atoms with Crippen LogP contribution in [-0.4, -0.2) is 22.2 Å². The van der Waals surface area contributed by atoms with E-state index in [9.17, 15) is 4.79 Å². The highest BCUT2D eigenvalue weighted by molar-refractivity contribution is 6.00. The Bertz CT molecular complexity index is 881. The van der Waals surface area contributed by atoms with Gasteiger partial charge in [0, 0.05) is 18.3 Å². The molecule has 1 amide bonds. The van der Waals surface area contributed by atoms with E-state index < -0.39 is 0 Å². The number of nitrogens with one attached hydrogen (secondary N) is 1. The number of nitrogens with zero attached hydrogens (tertiary/aromatic N) is 2. The number of carbonyl (C=O) groups is 1. The lowest BCUT2D eigenvalue weighted by atomic mass is 10.0. The number of hydrogen-bond acceptors (Lipinski definition) is 2. The summed E-state index contributed by atoms with van der Waals surface area (Å²) in [5, 5.41) is 7.69. The van der Waals surface area contributed by atoms with Gasteiger partial charge in [0.2, 0.25) is 0 Å². The van der Waals surface area contributed by atoms with Crippen molar-refractivity contribution in [1.29, 1.82) is 0 Å². The van der Waals surface area contributed by atoms with E-state index in [1.807, 2.05) is 49.5 Å². The molecule has 0 saturated heterocycles. The van der Waals surface area contributed by atoms with Crippen LogP contribution >= 0.6 is 0 Å². The predicted molar refractivity (Wildman–Crippen MR) is 101 cm³/mol. The molecule has 3 rings (SSSR count). The second-order valence-electron chi connectivity index (χ2n) is 6.25. The van der Waals surface area contributed by atoms with Gasteiger partial charge in [0.15, 0.2) is 0 Å². The summed E-state index contributed by atoms with van der Waals surface area (Å²) in [7, 11) is 0. The topological polar surface area (TPSA) is 46.9 Å². The van der Waals surface area contributed by atoms with Crippen molar-refractivity contribution < 1.29 is 4.79 Å². The molecule has 1 aromatic heterocycles. The van der Waals surface area contributed by atoms with Crippen molar-refractivity contribution in [3.05, 3.63) is 71.4 Å². The zero-order chi connectivity index (χ0) is 17.8. The van der Waals surface area contributed by atoms with Gasteiger partial charge in [-0.3, -0.25) is 4.79 Å². The smallest absolute Gasteiger partial charge is 0.255 e. The number of para-hydroxylation sites is 1. The normalized spacial score (nSPS) is 10.7. The van der Waals surface area contributed by atoms with Gasteiger partial charge < -0.3 is 5.32 Å². The number of aryl methyl sites for hydroxylation is 2. The van der Waals surface area contributed by atoms with E-state index in [0.717, 1.165) is 28.9 Å². The molecule has 0 fully saturated rings. The number of carbonyl (C=O) groups excluding carboxylic acids is 1. The minimum Gasteiger partial charge on any atom is -0.352 e. The number of benzene rings is 2. The van der Waals surface area contributed by atoms with E-state index in [2.05, 4.69) is 31.3 Å². The van der Waals surface area contributed by atoms with Crippen LogP contribution in [0.25, 0.3) is 16.9 Å². The molecule has 2 aromatic carbocycles. The molecule has 0 radical (unpaired) electrons. The molecular weight excluding hydrogens is 310 g/mol. The highest BCUT2D eigenvalue weighted by Crippen LogP contribution is 2.27. The van der Waals surface area contributed by atoms with Gasteiger partial charge in [0.1, 0.15) is 5.69 Å². The molecule has 0 bridgehead atoms. The van der Waals surface area contributed by atoms with Crippen molar-refractivity contribution in [3.63, 3.8) is 0 Å². The summed E-state index contributed by atoms with van der Waals surface area (Å²) in [4.78, 5) is 12.7. The lowest BCUT2D eigenvalue weighted by molar-refractivity contribution is 0.0954. The van der Waals surface area contributed by atoms with E-state index in [4.69, 9.17) is 5.10 Å². The zero-order valence-electron chi connectivity index (χ0n) is 14.9. The number of hydrogen-bond donors (Lipinski definition) is 1. The second-order valence-corrected chi connectivity index (χ2v) is 6.25. The fourth-order valence-electron chi connectivity index (χ4n) is 2.87. The highest BCUT2D eigenvalue weighted by Gasteiger charge is 2.19. The van der Waals surface area contributed by atoms with Crippen molar-refractivity contribution in [3.8, 4) is 16.9 Å². The van der Waals surface area contributed by atoms with Crippen LogP contribution in [0.2, 0.25) is 0 Å². The van der Waals surface area contributed by atoms with Gasteiger partial charge in [-0.05, 0) is 38.0 Å².